The van der Waals surface area contributed by atoms with Crippen molar-refractivity contribution in [1.29, 1.82) is 0 Å². The maximum absolute atomic E-state index is 12.0. The number of rotatable bonds is 4. The van der Waals surface area contributed by atoms with E-state index in [0.29, 0.717) is 23.7 Å². The van der Waals surface area contributed by atoms with Crippen LogP contribution in [-0.4, -0.2) is 34.3 Å². The monoisotopic (exact) mass is 296 g/mol. The SMILES string of the molecule is CNS(=O)(=O)c1ccccc1N1CCC(C(C)=O)CC1. The van der Waals surface area contributed by atoms with E-state index in [1.165, 1.54) is 7.05 Å². The summed E-state index contributed by atoms with van der Waals surface area (Å²) in [6.07, 6.45) is 1.56. The lowest BCUT2D eigenvalue weighted by Gasteiger charge is -2.33. The van der Waals surface area contributed by atoms with Crippen LogP contribution in [0.2, 0.25) is 0 Å². The Morgan fingerprint density at radius 2 is 1.85 bits per heavy atom. The molecule has 1 aliphatic rings. The van der Waals surface area contributed by atoms with Gasteiger partial charge in [-0.25, -0.2) is 13.1 Å². The number of hydrogen-bond donors (Lipinski definition) is 1. The number of carbonyl (C=O) groups is 1. The van der Waals surface area contributed by atoms with Gasteiger partial charge in [0.25, 0.3) is 0 Å². The van der Waals surface area contributed by atoms with Crippen molar-refractivity contribution in [2.45, 2.75) is 24.7 Å². The van der Waals surface area contributed by atoms with Gasteiger partial charge in [-0.05, 0) is 38.9 Å². The number of Topliss-reactive ketones (excluding diaryl/α,β-unsaturated/α-hetero) is 1. The molecule has 0 radical (unpaired) electrons. The van der Waals surface area contributed by atoms with Crippen LogP contribution >= 0.6 is 0 Å². The predicted octanol–water partition coefficient (Wildman–Crippen LogP) is 1.40. The van der Waals surface area contributed by atoms with Crippen LogP contribution in [0.25, 0.3) is 0 Å². The van der Waals surface area contributed by atoms with Crippen molar-refractivity contribution in [2.24, 2.45) is 5.92 Å². The first-order chi connectivity index (χ1) is 9.45. The molecule has 110 valence electrons. The van der Waals surface area contributed by atoms with Gasteiger partial charge in [0.05, 0.1) is 5.69 Å². The lowest BCUT2D eigenvalue weighted by molar-refractivity contribution is -0.121. The van der Waals surface area contributed by atoms with E-state index in [4.69, 9.17) is 0 Å². The van der Waals surface area contributed by atoms with Crippen LogP contribution in [0.1, 0.15) is 19.8 Å². The molecular weight excluding hydrogens is 276 g/mol. The Labute approximate surface area is 120 Å². The number of sulfonamides is 1. The highest BCUT2D eigenvalue weighted by Crippen LogP contribution is 2.29. The third-order valence-corrected chi connectivity index (χ3v) is 5.30. The minimum Gasteiger partial charge on any atom is -0.370 e. The fraction of sp³-hybridized carbons (Fsp3) is 0.500. The van der Waals surface area contributed by atoms with Gasteiger partial charge in [-0.1, -0.05) is 12.1 Å². The summed E-state index contributed by atoms with van der Waals surface area (Å²) >= 11 is 0. The molecular formula is C14H20N2O3S. The largest absolute Gasteiger partial charge is 0.370 e. The van der Waals surface area contributed by atoms with Crippen LogP contribution in [-0.2, 0) is 14.8 Å². The second kappa shape index (κ2) is 5.93. The molecule has 0 saturated carbocycles. The molecule has 5 nitrogen and oxygen atoms in total. The van der Waals surface area contributed by atoms with E-state index in [9.17, 15) is 13.2 Å². The number of anilines is 1. The van der Waals surface area contributed by atoms with E-state index < -0.39 is 10.0 Å². The normalized spacial score (nSPS) is 17.2. The second-order valence-corrected chi connectivity index (χ2v) is 6.90. The molecule has 0 spiro atoms. The van der Waals surface area contributed by atoms with Crippen molar-refractivity contribution in [3.63, 3.8) is 0 Å². The Bertz CT molecular complexity index is 590. The van der Waals surface area contributed by atoms with Crippen molar-refractivity contribution in [3.05, 3.63) is 24.3 Å². The molecule has 1 aromatic carbocycles. The van der Waals surface area contributed by atoms with Crippen LogP contribution in [0, 0.1) is 5.92 Å². The molecule has 0 bridgehead atoms. The van der Waals surface area contributed by atoms with E-state index in [2.05, 4.69) is 4.72 Å². The smallest absolute Gasteiger partial charge is 0.242 e. The Hall–Kier alpha value is -1.40. The first-order valence-corrected chi connectivity index (χ1v) is 8.22. The van der Waals surface area contributed by atoms with Crippen molar-refractivity contribution in [3.8, 4) is 0 Å². The van der Waals surface area contributed by atoms with Crippen molar-refractivity contribution >= 4 is 21.5 Å². The van der Waals surface area contributed by atoms with Gasteiger partial charge in [-0.15, -0.1) is 0 Å². The molecule has 0 aromatic heterocycles. The molecule has 1 aromatic rings. The van der Waals surface area contributed by atoms with E-state index in [1.807, 2.05) is 17.0 Å². The molecule has 1 fully saturated rings. The van der Waals surface area contributed by atoms with Gasteiger partial charge in [-0.3, -0.25) is 4.79 Å². The molecule has 0 unspecified atom stereocenters. The number of ketones is 1. The highest BCUT2D eigenvalue weighted by Gasteiger charge is 2.26. The van der Waals surface area contributed by atoms with Gasteiger partial charge in [0.1, 0.15) is 10.7 Å². The van der Waals surface area contributed by atoms with E-state index in [1.54, 1.807) is 19.1 Å². The summed E-state index contributed by atoms with van der Waals surface area (Å²) in [6.45, 7) is 3.04. The molecule has 1 heterocycles. The fourth-order valence-electron chi connectivity index (χ4n) is 2.58. The minimum absolute atomic E-state index is 0.110. The molecule has 20 heavy (non-hydrogen) atoms. The van der Waals surface area contributed by atoms with Gasteiger partial charge >= 0.3 is 0 Å². The number of benzene rings is 1. The summed E-state index contributed by atoms with van der Waals surface area (Å²) in [5, 5.41) is 0. The number of nitrogens with one attached hydrogen (secondary N) is 1. The van der Waals surface area contributed by atoms with Crippen LogP contribution in [0.3, 0.4) is 0 Å². The second-order valence-electron chi connectivity index (χ2n) is 5.05. The van der Waals surface area contributed by atoms with Crippen molar-refractivity contribution in [2.75, 3.05) is 25.0 Å². The molecule has 1 N–H and O–H groups in total. The molecule has 1 aliphatic heterocycles. The lowest BCUT2D eigenvalue weighted by Crippen LogP contribution is -2.37. The molecule has 0 aliphatic carbocycles. The Morgan fingerprint density at radius 1 is 1.25 bits per heavy atom. The van der Waals surface area contributed by atoms with Gasteiger partial charge in [-0.2, -0.15) is 0 Å². The molecule has 2 rings (SSSR count). The summed E-state index contributed by atoms with van der Waals surface area (Å²) in [4.78, 5) is 13.7. The summed E-state index contributed by atoms with van der Waals surface area (Å²) in [5.74, 6) is 0.333. The van der Waals surface area contributed by atoms with Crippen molar-refractivity contribution < 1.29 is 13.2 Å². The summed E-state index contributed by atoms with van der Waals surface area (Å²) in [5.41, 5.74) is 0.712. The quantitative estimate of drug-likeness (QED) is 0.912. The first-order valence-electron chi connectivity index (χ1n) is 6.73. The van der Waals surface area contributed by atoms with Gasteiger partial charge in [0, 0.05) is 19.0 Å². The zero-order chi connectivity index (χ0) is 14.8. The predicted molar refractivity (Wildman–Crippen MR) is 78.3 cm³/mol. The van der Waals surface area contributed by atoms with E-state index in [0.717, 1.165) is 12.8 Å². The number of nitrogens with zero attached hydrogens (tertiary/aromatic N) is 1. The Balaban J connectivity index is 2.25. The molecule has 0 atom stereocenters. The zero-order valence-corrected chi connectivity index (χ0v) is 12.6. The molecule has 6 heteroatoms. The standard InChI is InChI=1S/C14H20N2O3S/c1-11(17)12-7-9-16(10-8-12)13-5-3-4-6-14(13)20(18,19)15-2/h3-6,12,15H,7-10H2,1-2H3. The van der Waals surface area contributed by atoms with E-state index >= 15 is 0 Å². The number of carbonyl (C=O) groups excluding carboxylic acids is 1. The highest BCUT2D eigenvalue weighted by atomic mass is 32.2. The fourth-order valence-corrected chi connectivity index (χ4v) is 3.53. The number of hydrogen-bond acceptors (Lipinski definition) is 4. The topological polar surface area (TPSA) is 66.5 Å². The molecule has 1 saturated heterocycles. The first kappa shape index (κ1) is 15.0. The summed E-state index contributed by atoms with van der Waals surface area (Å²) in [7, 11) is -2.06. The molecule has 0 amide bonds. The van der Waals surface area contributed by atoms with Crippen LogP contribution < -0.4 is 9.62 Å². The van der Waals surface area contributed by atoms with Gasteiger partial charge in [0.15, 0.2) is 0 Å². The minimum atomic E-state index is -3.47. The van der Waals surface area contributed by atoms with Gasteiger partial charge < -0.3 is 4.90 Å². The average Bonchev–Trinajstić information content (AvgIpc) is 2.47. The number of para-hydroxylation sites is 1. The highest BCUT2D eigenvalue weighted by molar-refractivity contribution is 7.89. The van der Waals surface area contributed by atoms with Crippen LogP contribution in [0.4, 0.5) is 5.69 Å². The van der Waals surface area contributed by atoms with Crippen LogP contribution in [0.5, 0.6) is 0 Å². The van der Waals surface area contributed by atoms with E-state index in [-0.39, 0.29) is 11.7 Å². The zero-order valence-electron chi connectivity index (χ0n) is 11.8. The average molecular weight is 296 g/mol. The third kappa shape index (κ3) is 3.02. The third-order valence-electron chi connectivity index (χ3n) is 3.83. The van der Waals surface area contributed by atoms with Gasteiger partial charge in [0.2, 0.25) is 10.0 Å². The Morgan fingerprint density at radius 3 is 2.40 bits per heavy atom. The van der Waals surface area contributed by atoms with Crippen molar-refractivity contribution in [1.82, 2.24) is 4.72 Å². The lowest BCUT2D eigenvalue weighted by atomic mass is 9.93. The summed E-state index contributed by atoms with van der Waals surface area (Å²) in [6, 6.07) is 6.98. The summed E-state index contributed by atoms with van der Waals surface area (Å²) < 4.78 is 26.4. The maximum atomic E-state index is 12.0. The maximum Gasteiger partial charge on any atom is 0.242 e. The Kier molecular flexibility index (Phi) is 4.45. The van der Waals surface area contributed by atoms with Crippen LogP contribution in [0.15, 0.2) is 29.2 Å². The number of piperidine rings is 1.